The van der Waals surface area contributed by atoms with Crippen molar-refractivity contribution < 1.29 is 4.79 Å². The maximum Gasteiger partial charge on any atom is 0.228 e. The number of nitrogens with one attached hydrogen (secondary N) is 3. The van der Waals surface area contributed by atoms with E-state index in [1.807, 2.05) is 24.3 Å². The minimum absolute atomic E-state index is 0.0319. The molecule has 25 heavy (non-hydrogen) atoms. The number of fused-ring (bicyclic) bond motifs is 3. The molecule has 0 spiro atoms. The summed E-state index contributed by atoms with van der Waals surface area (Å²) in [6, 6.07) is 7.78. The molecule has 1 saturated heterocycles. The Labute approximate surface area is 147 Å². The van der Waals surface area contributed by atoms with E-state index in [2.05, 4.69) is 27.9 Å². The van der Waals surface area contributed by atoms with Crippen molar-refractivity contribution in [3.8, 4) is 11.3 Å². The van der Waals surface area contributed by atoms with E-state index < -0.39 is 0 Å². The number of nitrogens with zero attached hydrogens (tertiary/aromatic N) is 2. The Morgan fingerprint density at radius 3 is 3.00 bits per heavy atom. The van der Waals surface area contributed by atoms with E-state index in [1.54, 1.807) is 6.20 Å². The topological polar surface area (TPSA) is 78.9 Å². The Hall–Kier alpha value is -2.47. The Bertz CT molecular complexity index is 798. The quantitative estimate of drug-likeness (QED) is 0.799. The highest BCUT2D eigenvalue weighted by Gasteiger charge is 2.31. The monoisotopic (exact) mass is 337 g/mol. The SMILES string of the molecule is CC[C@@]1(CNc2ncc3c(n2)-c2ccccc2NC(=O)C3)CCCN1. The number of rotatable bonds is 4. The van der Waals surface area contributed by atoms with Crippen LogP contribution in [0.3, 0.4) is 0 Å². The third-order valence-corrected chi connectivity index (χ3v) is 5.27. The first kappa shape index (κ1) is 16.0. The van der Waals surface area contributed by atoms with E-state index in [9.17, 15) is 4.79 Å². The second-order valence-corrected chi connectivity index (χ2v) is 6.86. The summed E-state index contributed by atoms with van der Waals surface area (Å²) in [7, 11) is 0. The summed E-state index contributed by atoms with van der Waals surface area (Å²) < 4.78 is 0. The molecule has 0 saturated carbocycles. The van der Waals surface area contributed by atoms with Crippen LogP contribution in [0.1, 0.15) is 31.7 Å². The van der Waals surface area contributed by atoms with Gasteiger partial charge in [0.1, 0.15) is 0 Å². The van der Waals surface area contributed by atoms with Crippen LogP contribution in [0.15, 0.2) is 30.5 Å². The lowest BCUT2D eigenvalue weighted by molar-refractivity contribution is -0.115. The van der Waals surface area contributed by atoms with Gasteiger partial charge < -0.3 is 16.0 Å². The van der Waals surface area contributed by atoms with Crippen molar-refractivity contribution in [2.24, 2.45) is 0 Å². The highest BCUT2D eigenvalue weighted by atomic mass is 16.1. The van der Waals surface area contributed by atoms with Crippen LogP contribution < -0.4 is 16.0 Å². The molecule has 0 unspecified atom stereocenters. The molecule has 0 radical (unpaired) electrons. The van der Waals surface area contributed by atoms with E-state index in [-0.39, 0.29) is 11.4 Å². The first-order valence-electron chi connectivity index (χ1n) is 8.93. The highest BCUT2D eigenvalue weighted by molar-refractivity contribution is 5.99. The zero-order chi connectivity index (χ0) is 17.3. The number of hydrogen-bond acceptors (Lipinski definition) is 5. The minimum atomic E-state index is -0.0319. The molecule has 2 aliphatic rings. The molecule has 6 heteroatoms. The summed E-state index contributed by atoms with van der Waals surface area (Å²) >= 11 is 0. The van der Waals surface area contributed by atoms with E-state index in [1.165, 1.54) is 12.8 Å². The predicted molar refractivity (Wildman–Crippen MR) is 98.6 cm³/mol. The van der Waals surface area contributed by atoms with Crippen molar-refractivity contribution in [3.05, 3.63) is 36.0 Å². The molecule has 3 N–H and O–H groups in total. The molecule has 4 rings (SSSR count). The molecule has 1 atom stereocenters. The molecule has 0 aliphatic carbocycles. The molecule has 130 valence electrons. The fourth-order valence-corrected chi connectivity index (χ4v) is 3.72. The van der Waals surface area contributed by atoms with Gasteiger partial charge in [0.25, 0.3) is 0 Å². The second-order valence-electron chi connectivity index (χ2n) is 6.86. The molecule has 1 aromatic carbocycles. The maximum atomic E-state index is 12.1. The van der Waals surface area contributed by atoms with Crippen LogP contribution in [0.4, 0.5) is 11.6 Å². The van der Waals surface area contributed by atoms with Crippen molar-refractivity contribution in [3.63, 3.8) is 0 Å². The lowest BCUT2D eigenvalue weighted by atomic mass is 9.94. The number of carbonyl (C=O) groups is 1. The van der Waals surface area contributed by atoms with Crippen LogP contribution in [0, 0.1) is 0 Å². The van der Waals surface area contributed by atoms with Crippen molar-refractivity contribution in [1.29, 1.82) is 0 Å². The third-order valence-electron chi connectivity index (χ3n) is 5.27. The van der Waals surface area contributed by atoms with E-state index >= 15 is 0 Å². The smallest absolute Gasteiger partial charge is 0.228 e. The van der Waals surface area contributed by atoms with Crippen LogP contribution in [-0.2, 0) is 11.2 Å². The lowest BCUT2D eigenvalue weighted by Crippen LogP contribution is -2.45. The van der Waals surface area contributed by atoms with Gasteiger partial charge in [0.05, 0.1) is 17.8 Å². The number of para-hydroxylation sites is 1. The van der Waals surface area contributed by atoms with Crippen LogP contribution in [0.5, 0.6) is 0 Å². The Kier molecular flexibility index (Phi) is 4.13. The fraction of sp³-hybridized carbons (Fsp3) is 0.421. The van der Waals surface area contributed by atoms with Gasteiger partial charge in [0.15, 0.2) is 0 Å². The van der Waals surface area contributed by atoms with Gasteiger partial charge in [-0.3, -0.25) is 4.79 Å². The van der Waals surface area contributed by atoms with Gasteiger partial charge in [-0.1, -0.05) is 25.1 Å². The summed E-state index contributed by atoms with van der Waals surface area (Å²) in [5, 5.41) is 9.96. The van der Waals surface area contributed by atoms with Crippen LogP contribution in [-0.4, -0.2) is 34.5 Å². The molecule has 1 amide bonds. The molecule has 3 heterocycles. The lowest BCUT2D eigenvalue weighted by Gasteiger charge is -2.28. The van der Waals surface area contributed by atoms with Crippen molar-refractivity contribution in [1.82, 2.24) is 15.3 Å². The number of carbonyl (C=O) groups excluding carboxylic acids is 1. The average Bonchev–Trinajstić information content (AvgIpc) is 3.05. The average molecular weight is 337 g/mol. The molecule has 0 bridgehead atoms. The fourth-order valence-electron chi connectivity index (χ4n) is 3.72. The second kappa shape index (κ2) is 6.44. The summed E-state index contributed by atoms with van der Waals surface area (Å²) in [5.41, 5.74) is 3.57. The standard InChI is InChI=1S/C19H23N5O/c1-2-19(8-5-9-22-19)12-21-18-20-11-13-10-16(25)23-15-7-4-3-6-14(15)17(13)24-18/h3-4,6-7,11,22H,2,5,8-10,12H2,1H3,(H,23,25)(H,20,21,24)/t19-/m0/s1. The van der Waals surface area contributed by atoms with E-state index in [4.69, 9.17) is 4.98 Å². The summed E-state index contributed by atoms with van der Waals surface area (Å²) in [6.45, 7) is 4.09. The Morgan fingerprint density at radius 2 is 2.20 bits per heavy atom. The maximum absolute atomic E-state index is 12.1. The normalized spacial score (nSPS) is 21.9. The van der Waals surface area contributed by atoms with Crippen LogP contribution >= 0.6 is 0 Å². The number of anilines is 2. The van der Waals surface area contributed by atoms with Gasteiger partial charge in [-0.15, -0.1) is 0 Å². The molecule has 2 aliphatic heterocycles. The van der Waals surface area contributed by atoms with Crippen LogP contribution in [0.2, 0.25) is 0 Å². The van der Waals surface area contributed by atoms with Gasteiger partial charge in [-0.25, -0.2) is 9.97 Å². The Balaban J connectivity index is 1.64. The van der Waals surface area contributed by atoms with Gasteiger partial charge in [-0.2, -0.15) is 0 Å². The van der Waals surface area contributed by atoms with Gasteiger partial charge in [0, 0.05) is 29.4 Å². The van der Waals surface area contributed by atoms with Crippen molar-refractivity contribution in [2.75, 3.05) is 23.7 Å². The van der Waals surface area contributed by atoms with Gasteiger partial charge in [0.2, 0.25) is 11.9 Å². The highest BCUT2D eigenvalue weighted by Crippen LogP contribution is 2.32. The van der Waals surface area contributed by atoms with Crippen LogP contribution in [0.25, 0.3) is 11.3 Å². The molecular formula is C19H23N5O. The zero-order valence-electron chi connectivity index (χ0n) is 14.4. The molecule has 6 nitrogen and oxygen atoms in total. The molecule has 1 aromatic heterocycles. The zero-order valence-corrected chi connectivity index (χ0v) is 14.4. The first-order chi connectivity index (χ1) is 12.2. The first-order valence-corrected chi connectivity index (χ1v) is 8.93. The van der Waals surface area contributed by atoms with Crippen molar-refractivity contribution >= 4 is 17.5 Å². The molecular weight excluding hydrogens is 314 g/mol. The predicted octanol–water partition coefficient (Wildman–Crippen LogP) is 2.58. The Morgan fingerprint density at radius 1 is 1.32 bits per heavy atom. The molecule has 1 fully saturated rings. The number of benzene rings is 1. The largest absolute Gasteiger partial charge is 0.352 e. The van der Waals surface area contributed by atoms with E-state index in [0.717, 1.165) is 42.0 Å². The van der Waals surface area contributed by atoms with Crippen molar-refractivity contribution in [2.45, 2.75) is 38.1 Å². The molecule has 2 aromatic rings. The van der Waals surface area contributed by atoms with E-state index in [0.29, 0.717) is 12.4 Å². The summed E-state index contributed by atoms with van der Waals surface area (Å²) in [4.78, 5) is 21.3. The number of hydrogen-bond donors (Lipinski definition) is 3. The summed E-state index contributed by atoms with van der Waals surface area (Å²) in [6.07, 6.45) is 5.52. The third kappa shape index (κ3) is 3.09. The minimum Gasteiger partial charge on any atom is -0.352 e. The summed E-state index contributed by atoms with van der Waals surface area (Å²) in [5.74, 6) is 0.583. The van der Waals surface area contributed by atoms with Gasteiger partial charge in [-0.05, 0) is 31.9 Å². The number of amides is 1. The number of aromatic nitrogens is 2. The van der Waals surface area contributed by atoms with Gasteiger partial charge >= 0.3 is 0 Å².